The highest BCUT2D eigenvalue weighted by molar-refractivity contribution is 5.95. The SMILES string of the molecule is CN=C(NCCCOCC(C)C)NCCCC(=O)N1CCc2ccccc21. The number of anilines is 1. The van der Waals surface area contributed by atoms with Crippen LogP contribution in [-0.4, -0.2) is 51.8 Å². The first-order valence-corrected chi connectivity index (χ1v) is 10.0. The Balaban J connectivity index is 1.58. The van der Waals surface area contributed by atoms with E-state index >= 15 is 0 Å². The number of guanidine groups is 1. The van der Waals surface area contributed by atoms with Crippen molar-refractivity contribution in [2.45, 2.75) is 39.5 Å². The zero-order chi connectivity index (χ0) is 19.5. The van der Waals surface area contributed by atoms with Gasteiger partial charge in [0.25, 0.3) is 0 Å². The lowest BCUT2D eigenvalue weighted by Gasteiger charge is -2.17. The summed E-state index contributed by atoms with van der Waals surface area (Å²) in [6.45, 7) is 8.21. The Morgan fingerprint density at radius 3 is 2.70 bits per heavy atom. The number of aliphatic imine (C=N–C) groups is 1. The number of para-hydroxylation sites is 1. The number of carbonyl (C=O) groups is 1. The second-order valence-electron chi connectivity index (χ2n) is 7.28. The molecule has 1 aliphatic heterocycles. The quantitative estimate of drug-likeness (QED) is 0.375. The fourth-order valence-electron chi connectivity index (χ4n) is 3.10. The predicted molar refractivity (Wildman–Crippen MR) is 111 cm³/mol. The van der Waals surface area contributed by atoms with Gasteiger partial charge in [0, 0.05) is 52.0 Å². The summed E-state index contributed by atoms with van der Waals surface area (Å²) >= 11 is 0. The number of hydrogen-bond donors (Lipinski definition) is 2. The number of amides is 1. The molecular weight excluding hydrogens is 340 g/mol. The molecule has 2 N–H and O–H groups in total. The van der Waals surface area contributed by atoms with Gasteiger partial charge in [-0.3, -0.25) is 9.79 Å². The van der Waals surface area contributed by atoms with Gasteiger partial charge in [-0.25, -0.2) is 0 Å². The summed E-state index contributed by atoms with van der Waals surface area (Å²) in [5.74, 6) is 1.55. The molecule has 0 saturated heterocycles. The fourth-order valence-corrected chi connectivity index (χ4v) is 3.10. The van der Waals surface area contributed by atoms with Crippen LogP contribution < -0.4 is 15.5 Å². The number of hydrogen-bond acceptors (Lipinski definition) is 3. The van der Waals surface area contributed by atoms with Crippen molar-refractivity contribution in [3.05, 3.63) is 29.8 Å². The van der Waals surface area contributed by atoms with Crippen LogP contribution in [-0.2, 0) is 16.0 Å². The highest BCUT2D eigenvalue weighted by Crippen LogP contribution is 2.27. The number of rotatable bonds is 10. The zero-order valence-corrected chi connectivity index (χ0v) is 17.0. The van der Waals surface area contributed by atoms with E-state index in [-0.39, 0.29) is 5.91 Å². The van der Waals surface area contributed by atoms with Crippen molar-refractivity contribution in [2.24, 2.45) is 10.9 Å². The van der Waals surface area contributed by atoms with Crippen LogP contribution in [0.2, 0.25) is 0 Å². The topological polar surface area (TPSA) is 66.0 Å². The molecule has 0 bridgehead atoms. The molecule has 6 nitrogen and oxygen atoms in total. The van der Waals surface area contributed by atoms with Crippen LogP contribution in [0, 0.1) is 5.92 Å². The molecule has 0 aromatic heterocycles. The van der Waals surface area contributed by atoms with Gasteiger partial charge >= 0.3 is 0 Å². The number of carbonyl (C=O) groups excluding carboxylic acids is 1. The molecule has 1 aromatic carbocycles. The van der Waals surface area contributed by atoms with Gasteiger partial charge in [-0.05, 0) is 36.8 Å². The zero-order valence-electron chi connectivity index (χ0n) is 17.0. The Bertz CT molecular complexity index is 616. The largest absolute Gasteiger partial charge is 0.381 e. The van der Waals surface area contributed by atoms with E-state index in [9.17, 15) is 4.79 Å². The van der Waals surface area contributed by atoms with E-state index in [1.807, 2.05) is 23.1 Å². The Hall–Kier alpha value is -2.08. The van der Waals surface area contributed by atoms with Crippen LogP contribution in [0.5, 0.6) is 0 Å². The van der Waals surface area contributed by atoms with Crippen LogP contribution in [0.4, 0.5) is 5.69 Å². The van der Waals surface area contributed by atoms with Gasteiger partial charge in [0.2, 0.25) is 5.91 Å². The predicted octanol–water partition coefficient (Wildman–Crippen LogP) is 2.58. The van der Waals surface area contributed by atoms with Crippen molar-refractivity contribution in [3.8, 4) is 0 Å². The van der Waals surface area contributed by atoms with Crippen LogP contribution >= 0.6 is 0 Å². The van der Waals surface area contributed by atoms with E-state index < -0.39 is 0 Å². The van der Waals surface area contributed by atoms with Crippen molar-refractivity contribution in [3.63, 3.8) is 0 Å². The Labute approximate surface area is 163 Å². The Morgan fingerprint density at radius 2 is 1.96 bits per heavy atom. The van der Waals surface area contributed by atoms with Crippen molar-refractivity contribution >= 4 is 17.6 Å². The lowest BCUT2D eigenvalue weighted by atomic mass is 10.2. The highest BCUT2D eigenvalue weighted by Gasteiger charge is 2.23. The molecule has 2 rings (SSSR count). The molecule has 1 amide bonds. The first-order valence-electron chi connectivity index (χ1n) is 10.0. The third kappa shape index (κ3) is 7.21. The number of benzene rings is 1. The number of nitrogens with one attached hydrogen (secondary N) is 2. The van der Waals surface area contributed by atoms with Crippen LogP contribution in [0.1, 0.15) is 38.7 Å². The maximum atomic E-state index is 12.5. The number of fused-ring (bicyclic) bond motifs is 1. The summed E-state index contributed by atoms with van der Waals surface area (Å²) in [4.78, 5) is 18.6. The van der Waals surface area contributed by atoms with Crippen molar-refractivity contribution in [2.75, 3.05) is 44.8 Å². The standard InChI is InChI=1S/C21H34N4O2/c1-17(2)16-27-15-7-13-24-21(22-3)23-12-6-10-20(26)25-14-11-18-8-4-5-9-19(18)25/h4-5,8-9,17H,6-7,10-16H2,1-3H3,(H2,22,23,24). The monoisotopic (exact) mass is 374 g/mol. The second-order valence-corrected chi connectivity index (χ2v) is 7.28. The van der Waals surface area contributed by atoms with Gasteiger partial charge in [0.05, 0.1) is 0 Å². The lowest BCUT2D eigenvalue weighted by molar-refractivity contribution is -0.118. The summed E-state index contributed by atoms with van der Waals surface area (Å²) in [6, 6.07) is 8.17. The molecule has 0 spiro atoms. The molecule has 6 heteroatoms. The van der Waals surface area contributed by atoms with Crippen LogP contribution in [0.25, 0.3) is 0 Å². The minimum absolute atomic E-state index is 0.201. The number of ether oxygens (including phenoxy) is 1. The Morgan fingerprint density at radius 1 is 1.22 bits per heavy atom. The summed E-state index contributed by atoms with van der Waals surface area (Å²) in [5.41, 5.74) is 2.35. The molecular formula is C21H34N4O2. The van der Waals surface area contributed by atoms with E-state index in [4.69, 9.17) is 4.74 Å². The fraction of sp³-hybridized carbons (Fsp3) is 0.619. The summed E-state index contributed by atoms with van der Waals surface area (Å²) in [7, 11) is 1.76. The van der Waals surface area contributed by atoms with E-state index in [0.29, 0.717) is 12.3 Å². The lowest BCUT2D eigenvalue weighted by Crippen LogP contribution is -2.39. The molecule has 27 heavy (non-hydrogen) atoms. The molecule has 1 aromatic rings. The molecule has 150 valence electrons. The van der Waals surface area contributed by atoms with Crippen molar-refractivity contribution < 1.29 is 9.53 Å². The third-order valence-electron chi connectivity index (χ3n) is 4.48. The molecule has 0 saturated carbocycles. The normalized spacial score (nSPS) is 13.8. The summed E-state index contributed by atoms with van der Waals surface area (Å²) < 4.78 is 5.57. The first kappa shape index (κ1) is 21.2. The van der Waals surface area contributed by atoms with E-state index in [0.717, 1.165) is 63.8 Å². The second kappa shape index (κ2) is 11.6. The molecule has 1 aliphatic rings. The van der Waals surface area contributed by atoms with E-state index in [1.54, 1.807) is 7.05 Å². The molecule has 0 unspecified atom stereocenters. The molecule has 0 radical (unpaired) electrons. The minimum Gasteiger partial charge on any atom is -0.381 e. The third-order valence-corrected chi connectivity index (χ3v) is 4.48. The van der Waals surface area contributed by atoms with Crippen molar-refractivity contribution in [1.29, 1.82) is 0 Å². The van der Waals surface area contributed by atoms with Gasteiger partial charge in [0.1, 0.15) is 0 Å². The molecule has 0 aliphatic carbocycles. The van der Waals surface area contributed by atoms with Gasteiger partial charge in [-0.2, -0.15) is 0 Å². The number of nitrogens with zero attached hydrogens (tertiary/aromatic N) is 2. The molecule has 0 fully saturated rings. The maximum Gasteiger partial charge on any atom is 0.227 e. The van der Waals surface area contributed by atoms with E-state index in [1.165, 1.54) is 5.56 Å². The van der Waals surface area contributed by atoms with E-state index in [2.05, 4.69) is 35.5 Å². The van der Waals surface area contributed by atoms with Crippen LogP contribution in [0.15, 0.2) is 29.3 Å². The molecule has 1 heterocycles. The minimum atomic E-state index is 0.201. The smallest absolute Gasteiger partial charge is 0.227 e. The molecule has 0 atom stereocenters. The highest BCUT2D eigenvalue weighted by atomic mass is 16.5. The van der Waals surface area contributed by atoms with Crippen molar-refractivity contribution in [1.82, 2.24) is 10.6 Å². The van der Waals surface area contributed by atoms with Gasteiger partial charge < -0.3 is 20.3 Å². The first-order chi connectivity index (χ1) is 13.1. The van der Waals surface area contributed by atoms with Gasteiger partial charge in [0.15, 0.2) is 5.96 Å². The summed E-state index contributed by atoms with van der Waals surface area (Å²) in [6.07, 6.45) is 3.23. The maximum absolute atomic E-state index is 12.5. The average molecular weight is 375 g/mol. The Kier molecular flexibility index (Phi) is 9.11. The average Bonchev–Trinajstić information content (AvgIpc) is 3.10. The van der Waals surface area contributed by atoms with Gasteiger partial charge in [-0.15, -0.1) is 0 Å². The summed E-state index contributed by atoms with van der Waals surface area (Å²) in [5, 5.41) is 6.55. The van der Waals surface area contributed by atoms with Crippen LogP contribution in [0.3, 0.4) is 0 Å². The van der Waals surface area contributed by atoms with Gasteiger partial charge in [-0.1, -0.05) is 32.0 Å².